The number of fused-ring (bicyclic) bond motifs is 1. The largest absolute Gasteiger partial charge is 0.351 e. The van der Waals surface area contributed by atoms with E-state index in [0.717, 1.165) is 0 Å². The van der Waals surface area contributed by atoms with E-state index in [-0.39, 0.29) is 37.0 Å². The van der Waals surface area contributed by atoms with Gasteiger partial charge in [0.25, 0.3) is 0 Å². The monoisotopic (exact) mass is 455 g/mol. The summed E-state index contributed by atoms with van der Waals surface area (Å²) in [7, 11) is -3.79. The molecule has 24 heavy (non-hydrogen) atoms. The quantitative estimate of drug-likeness (QED) is 0.683. The zero-order valence-electron chi connectivity index (χ0n) is 12.0. The van der Waals surface area contributed by atoms with Crippen LogP contribution >= 0.6 is 22.6 Å². The number of hydrogen-bond donors (Lipinski definition) is 2. The number of carbonyl (C=O) groups excluding carboxylic acids is 2. The van der Waals surface area contributed by atoms with Crippen LogP contribution in [0.3, 0.4) is 0 Å². The Hall–Kier alpha value is -2.11. The lowest BCUT2D eigenvalue weighted by Gasteiger charge is -2.18. The normalized spacial score (nSPS) is 14.6. The molecular formula is C15H10IN3O4S. The van der Waals surface area contributed by atoms with Crippen LogP contribution in [0.5, 0.6) is 0 Å². The first kappa shape index (κ1) is 16.7. The van der Waals surface area contributed by atoms with E-state index in [1.165, 1.54) is 36.5 Å². The second kappa shape index (κ2) is 6.07. The molecule has 1 aliphatic carbocycles. The van der Waals surface area contributed by atoms with Crippen molar-refractivity contribution < 1.29 is 18.0 Å². The summed E-state index contributed by atoms with van der Waals surface area (Å²) in [6.07, 6.45) is 1.46. The first-order valence-corrected chi connectivity index (χ1v) is 9.25. The number of benzene rings is 1. The molecule has 0 unspecified atom stereocenters. The van der Waals surface area contributed by atoms with E-state index in [1.807, 2.05) is 0 Å². The summed E-state index contributed by atoms with van der Waals surface area (Å²) in [6.45, 7) is 0. The average Bonchev–Trinajstić information content (AvgIpc) is 2.56. The molecule has 122 valence electrons. The molecule has 0 saturated carbocycles. The molecule has 9 heteroatoms. The summed E-state index contributed by atoms with van der Waals surface area (Å²) < 4.78 is 22.7. The summed E-state index contributed by atoms with van der Waals surface area (Å²) in [6, 6.07) is 8.68. The number of carbonyl (C=O) groups is 2. The van der Waals surface area contributed by atoms with Crippen LogP contribution in [0.4, 0.5) is 5.69 Å². The number of halogens is 1. The third kappa shape index (κ3) is 2.97. The summed E-state index contributed by atoms with van der Waals surface area (Å²) in [5, 5.41) is 7.91. The van der Waals surface area contributed by atoms with E-state index in [0.29, 0.717) is 5.69 Å². The van der Waals surface area contributed by atoms with Gasteiger partial charge in [-0.1, -0.05) is 0 Å². The Balaban J connectivity index is 1.97. The third-order valence-corrected chi connectivity index (χ3v) is 5.32. The predicted molar refractivity (Wildman–Crippen MR) is 95.4 cm³/mol. The molecule has 2 aromatic rings. The highest BCUT2D eigenvalue weighted by atomic mass is 127. The number of ketones is 2. The zero-order valence-corrected chi connectivity index (χ0v) is 15.0. The Morgan fingerprint density at radius 1 is 1.04 bits per heavy atom. The maximum absolute atomic E-state index is 12.6. The standard InChI is InChI=1S/C15H10IN3O4S/c16-11-13(14(20)10-2-1-7-18-12(10)15(11)21)19-8-3-5-9(6-4-8)24(17,22)23/h1-7,19H,(H2,17,22,23). The number of nitrogens with zero attached hydrogens (tertiary/aromatic N) is 1. The van der Waals surface area contributed by atoms with Crippen molar-refractivity contribution in [3.8, 4) is 0 Å². The molecule has 0 amide bonds. The maximum Gasteiger partial charge on any atom is 0.238 e. The fourth-order valence-electron chi connectivity index (χ4n) is 2.21. The van der Waals surface area contributed by atoms with Crippen LogP contribution in [0.25, 0.3) is 0 Å². The number of allylic oxidation sites excluding steroid dienone is 2. The van der Waals surface area contributed by atoms with Crippen LogP contribution in [0.1, 0.15) is 20.8 Å². The van der Waals surface area contributed by atoms with E-state index in [2.05, 4.69) is 10.3 Å². The van der Waals surface area contributed by atoms with Gasteiger partial charge >= 0.3 is 0 Å². The van der Waals surface area contributed by atoms with E-state index >= 15 is 0 Å². The molecule has 0 radical (unpaired) electrons. The Bertz CT molecular complexity index is 998. The average molecular weight is 455 g/mol. The lowest BCUT2D eigenvalue weighted by atomic mass is 9.97. The Labute approximate surface area is 151 Å². The van der Waals surface area contributed by atoms with Crippen molar-refractivity contribution in [1.82, 2.24) is 4.98 Å². The number of anilines is 1. The minimum Gasteiger partial charge on any atom is -0.351 e. The van der Waals surface area contributed by atoms with Crippen LogP contribution < -0.4 is 10.5 Å². The third-order valence-electron chi connectivity index (χ3n) is 3.37. The molecule has 0 atom stereocenters. The van der Waals surface area contributed by atoms with Crippen LogP contribution in [0.2, 0.25) is 0 Å². The van der Waals surface area contributed by atoms with Gasteiger partial charge < -0.3 is 5.32 Å². The van der Waals surface area contributed by atoms with Crippen molar-refractivity contribution in [2.45, 2.75) is 4.90 Å². The van der Waals surface area contributed by atoms with Crippen LogP contribution in [-0.2, 0) is 10.0 Å². The number of aromatic nitrogens is 1. The van der Waals surface area contributed by atoms with Gasteiger partial charge in [0.15, 0.2) is 0 Å². The molecule has 3 N–H and O–H groups in total. The number of hydrogen-bond acceptors (Lipinski definition) is 6. The lowest BCUT2D eigenvalue weighted by molar-refractivity contribution is 0.0980. The topological polar surface area (TPSA) is 119 Å². The first-order chi connectivity index (χ1) is 11.3. The molecule has 1 heterocycles. The number of pyridine rings is 1. The highest BCUT2D eigenvalue weighted by Crippen LogP contribution is 2.29. The second-order valence-electron chi connectivity index (χ2n) is 4.94. The van der Waals surface area contributed by atoms with Gasteiger partial charge in [-0.05, 0) is 59.0 Å². The van der Waals surface area contributed by atoms with Gasteiger partial charge in [-0.25, -0.2) is 13.6 Å². The Morgan fingerprint density at radius 2 is 1.71 bits per heavy atom. The molecule has 1 aliphatic rings. The molecule has 3 rings (SSSR count). The number of rotatable bonds is 3. The number of primary sulfonamides is 1. The van der Waals surface area contributed by atoms with Gasteiger partial charge in [-0.2, -0.15) is 0 Å². The van der Waals surface area contributed by atoms with Gasteiger partial charge in [0, 0.05) is 11.9 Å². The molecule has 0 bridgehead atoms. The van der Waals surface area contributed by atoms with Crippen LogP contribution in [0.15, 0.2) is 56.8 Å². The highest BCUT2D eigenvalue weighted by Gasteiger charge is 2.32. The van der Waals surface area contributed by atoms with E-state index in [1.54, 1.807) is 28.7 Å². The van der Waals surface area contributed by atoms with E-state index in [4.69, 9.17) is 5.14 Å². The second-order valence-corrected chi connectivity index (χ2v) is 7.58. The Morgan fingerprint density at radius 3 is 2.33 bits per heavy atom. The van der Waals surface area contributed by atoms with Crippen molar-refractivity contribution in [1.29, 1.82) is 0 Å². The summed E-state index contributed by atoms with van der Waals surface area (Å²) in [5.74, 6) is -0.688. The van der Waals surface area contributed by atoms with Crippen LogP contribution in [-0.4, -0.2) is 25.0 Å². The molecule has 0 fully saturated rings. The van der Waals surface area contributed by atoms with Crippen molar-refractivity contribution in [3.63, 3.8) is 0 Å². The number of Topliss-reactive ketones (excluding diaryl/α,β-unsaturated/α-hetero) is 2. The van der Waals surface area contributed by atoms with Gasteiger partial charge in [0.05, 0.1) is 14.0 Å². The van der Waals surface area contributed by atoms with Gasteiger partial charge in [-0.3, -0.25) is 14.6 Å². The molecule has 0 aliphatic heterocycles. The molecule has 1 aromatic heterocycles. The minimum atomic E-state index is -3.79. The van der Waals surface area contributed by atoms with Gasteiger partial charge in [0.2, 0.25) is 21.6 Å². The predicted octanol–water partition coefficient (Wildman–Crippen LogP) is 1.87. The maximum atomic E-state index is 12.6. The fourth-order valence-corrected chi connectivity index (χ4v) is 3.36. The van der Waals surface area contributed by atoms with Gasteiger partial charge in [-0.15, -0.1) is 0 Å². The Kier molecular flexibility index (Phi) is 4.24. The fraction of sp³-hybridized carbons (Fsp3) is 0. The van der Waals surface area contributed by atoms with Gasteiger partial charge in [0.1, 0.15) is 11.4 Å². The van der Waals surface area contributed by atoms with Crippen molar-refractivity contribution >= 4 is 49.9 Å². The molecule has 7 nitrogen and oxygen atoms in total. The number of nitrogens with two attached hydrogens (primary N) is 1. The zero-order chi connectivity index (χ0) is 17.5. The molecular weight excluding hydrogens is 445 g/mol. The number of nitrogens with one attached hydrogen (secondary N) is 1. The summed E-state index contributed by atoms with van der Waals surface area (Å²) >= 11 is 1.79. The number of sulfonamides is 1. The SMILES string of the molecule is NS(=O)(=O)c1ccc(NC2=C(I)C(=O)c3ncccc3C2=O)cc1. The molecule has 1 aromatic carbocycles. The van der Waals surface area contributed by atoms with Crippen molar-refractivity contribution in [2.75, 3.05) is 5.32 Å². The molecule has 0 spiro atoms. The van der Waals surface area contributed by atoms with E-state index < -0.39 is 10.0 Å². The van der Waals surface area contributed by atoms with Crippen LogP contribution in [0, 0.1) is 0 Å². The van der Waals surface area contributed by atoms with E-state index in [9.17, 15) is 18.0 Å². The van der Waals surface area contributed by atoms with Crippen molar-refractivity contribution in [3.05, 3.63) is 63.1 Å². The summed E-state index contributed by atoms with van der Waals surface area (Å²) in [4.78, 5) is 28.8. The smallest absolute Gasteiger partial charge is 0.238 e. The summed E-state index contributed by atoms with van der Waals surface area (Å²) in [5.41, 5.74) is 0.943. The molecule has 0 saturated heterocycles. The highest BCUT2D eigenvalue weighted by molar-refractivity contribution is 14.1. The lowest BCUT2D eigenvalue weighted by Crippen LogP contribution is -2.25. The first-order valence-electron chi connectivity index (χ1n) is 6.63. The minimum absolute atomic E-state index is 0.0441. The van der Waals surface area contributed by atoms with Crippen molar-refractivity contribution in [2.24, 2.45) is 5.14 Å².